The van der Waals surface area contributed by atoms with E-state index < -0.39 is 0 Å². The number of nitrogens with two attached hydrogens (primary N) is 1. The van der Waals surface area contributed by atoms with Crippen molar-refractivity contribution < 1.29 is 10.2 Å². The first-order valence-electron chi connectivity index (χ1n) is 11.7. The summed E-state index contributed by atoms with van der Waals surface area (Å²) >= 11 is 5.34. The molecule has 0 fully saturated rings. The van der Waals surface area contributed by atoms with E-state index in [-0.39, 0.29) is 24.0 Å². The average molecular weight is 457 g/mol. The maximum Gasteiger partial charge on any atom is 0.166 e. The molecule has 0 aliphatic heterocycles. The molecule has 0 aromatic heterocycles. The Morgan fingerprint density at radius 1 is 0.750 bits per heavy atom. The van der Waals surface area contributed by atoms with Gasteiger partial charge in [0.25, 0.3) is 0 Å². The highest BCUT2D eigenvalue weighted by atomic mass is 32.1. The van der Waals surface area contributed by atoms with Crippen molar-refractivity contribution in [1.82, 2.24) is 4.90 Å². The third kappa shape index (κ3) is 7.58. The predicted molar refractivity (Wildman–Crippen MR) is 138 cm³/mol. The third-order valence-corrected chi connectivity index (χ3v) is 7.15. The van der Waals surface area contributed by atoms with Gasteiger partial charge < -0.3 is 20.8 Å². The lowest BCUT2D eigenvalue weighted by Gasteiger charge is -2.33. The molecule has 2 aromatic rings. The summed E-state index contributed by atoms with van der Waals surface area (Å²) in [6.45, 7) is 6.42. The Bertz CT molecular complexity index is 740. The maximum atomic E-state index is 9.62. The van der Waals surface area contributed by atoms with Crippen molar-refractivity contribution >= 4 is 17.3 Å². The summed E-state index contributed by atoms with van der Waals surface area (Å²) in [7, 11) is 0. The number of hydrogen-bond acceptors (Lipinski definition) is 3. The minimum Gasteiger partial charge on any atom is -0.396 e. The molecule has 2 rings (SSSR count). The number of aliphatic hydroxyl groups excluding tert-OH is 2. The highest BCUT2D eigenvalue weighted by molar-refractivity contribution is 7.80. The van der Waals surface area contributed by atoms with Crippen LogP contribution < -0.4 is 5.73 Å². The van der Waals surface area contributed by atoms with Crippen LogP contribution >= 0.6 is 12.2 Å². The quantitative estimate of drug-likeness (QED) is 0.357. The molecule has 176 valence electrons. The number of nitrogens with zero attached hydrogens (tertiary/aromatic N) is 1. The normalized spacial score (nSPS) is 15.0. The standard InChI is InChI=1S/C27H40N2O2S/c1-26(17-21-30,23-11-5-3-6-12-23)15-9-19-29(25(28)32)20-10-16-27(2,18-22-31)24-13-7-4-8-14-24/h3-8,11-14,30-31H,9-10,15-22H2,1-2H3,(H2,28,32). The molecule has 5 heteroatoms. The van der Waals surface area contributed by atoms with E-state index in [0.717, 1.165) is 51.6 Å². The summed E-state index contributed by atoms with van der Waals surface area (Å²) in [6, 6.07) is 20.9. The molecular formula is C27H40N2O2S. The second kappa shape index (κ2) is 12.9. The van der Waals surface area contributed by atoms with Gasteiger partial charge >= 0.3 is 0 Å². The average Bonchev–Trinajstić information content (AvgIpc) is 2.79. The van der Waals surface area contributed by atoms with Crippen LogP contribution in [0.3, 0.4) is 0 Å². The van der Waals surface area contributed by atoms with Crippen molar-refractivity contribution in [2.75, 3.05) is 26.3 Å². The van der Waals surface area contributed by atoms with Gasteiger partial charge in [-0.05, 0) is 72.7 Å². The van der Waals surface area contributed by atoms with Gasteiger partial charge in [-0.15, -0.1) is 0 Å². The van der Waals surface area contributed by atoms with Crippen LogP contribution in [0, 0.1) is 0 Å². The van der Waals surface area contributed by atoms with Gasteiger partial charge in [-0.1, -0.05) is 74.5 Å². The molecule has 0 bridgehead atoms. The fraction of sp³-hybridized carbons (Fsp3) is 0.519. The number of rotatable bonds is 14. The molecule has 0 heterocycles. The minimum atomic E-state index is -0.0646. The molecule has 0 saturated heterocycles. The second-order valence-corrected chi connectivity index (χ2v) is 9.75. The van der Waals surface area contributed by atoms with Gasteiger partial charge in [0.05, 0.1) is 0 Å². The molecule has 2 unspecified atom stereocenters. The third-order valence-electron chi connectivity index (χ3n) is 6.89. The largest absolute Gasteiger partial charge is 0.396 e. The van der Waals surface area contributed by atoms with Gasteiger partial charge in [0.2, 0.25) is 0 Å². The first-order valence-corrected chi connectivity index (χ1v) is 12.1. The fourth-order valence-electron chi connectivity index (χ4n) is 4.65. The van der Waals surface area contributed by atoms with E-state index in [2.05, 4.69) is 67.3 Å². The van der Waals surface area contributed by atoms with E-state index in [0.29, 0.717) is 5.11 Å². The zero-order valence-electron chi connectivity index (χ0n) is 19.7. The number of benzene rings is 2. The molecule has 0 radical (unpaired) electrons. The van der Waals surface area contributed by atoms with Crippen LogP contribution in [-0.2, 0) is 10.8 Å². The highest BCUT2D eigenvalue weighted by Crippen LogP contribution is 2.34. The Morgan fingerprint density at radius 3 is 1.44 bits per heavy atom. The summed E-state index contributed by atoms with van der Waals surface area (Å²) in [5.74, 6) is 0. The Morgan fingerprint density at radius 2 is 1.12 bits per heavy atom. The summed E-state index contributed by atoms with van der Waals surface area (Å²) in [5, 5.41) is 19.7. The monoisotopic (exact) mass is 456 g/mol. The van der Waals surface area contributed by atoms with Crippen LogP contribution in [0.2, 0.25) is 0 Å². The summed E-state index contributed by atoms with van der Waals surface area (Å²) in [5.41, 5.74) is 8.45. The molecule has 4 N–H and O–H groups in total. The molecule has 0 amide bonds. The van der Waals surface area contributed by atoms with E-state index in [1.165, 1.54) is 11.1 Å². The van der Waals surface area contributed by atoms with Gasteiger partial charge in [0.1, 0.15) is 0 Å². The predicted octanol–water partition coefficient (Wildman–Crippen LogP) is 4.77. The molecule has 0 saturated carbocycles. The lowest BCUT2D eigenvalue weighted by atomic mass is 9.76. The van der Waals surface area contributed by atoms with Crippen molar-refractivity contribution in [2.45, 2.75) is 63.2 Å². The molecule has 0 aliphatic rings. The van der Waals surface area contributed by atoms with E-state index in [4.69, 9.17) is 18.0 Å². The molecule has 0 spiro atoms. The molecule has 0 aliphatic carbocycles. The van der Waals surface area contributed by atoms with Crippen molar-refractivity contribution in [1.29, 1.82) is 0 Å². The zero-order chi connectivity index (χ0) is 23.5. The Kier molecular flexibility index (Phi) is 10.6. The van der Waals surface area contributed by atoms with Crippen LogP contribution in [0.5, 0.6) is 0 Å². The van der Waals surface area contributed by atoms with Gasteiger partial charge in [0, 0.05) is 26.3 Å². The van der Waals surface area contributed by atoms with Gasteiger partial charge in [-0.25, -0.2) is 0 Å². The van der Waals surface area contributed by atoms with E-state index in [1.54, 1.807) is 0 Å². The van der Waals surface area contributed by atoms with E-state index >= 15 is 0 Å². The first-order chi connectivity index (χ1) is 15.3. The molecular weight excluding hydrogens is 416 g/mol. The van der Waals surface area contributed by atoms with Crippen LogP contribution in [0.15, 0.2) is 60.7 Å². The van der Waals surface area contributed by atoms with Crippen molar-refractivity contribution in [3.05, 3.63) is 71.8 Å². The molecule has 2 atom stereocenters. The van der Waals surface area contributed by atoms with E-state index in [9.17, 15) is 10.2 Å². The second-order valence-electron chi connectivity index (χ2n) is 9.33. The van der Waals surface area contributed by atoms with Crippen LogP contribution in [0.4, 0.5) is 0 Å². The molecule has 4 nitrogen and oxygen atoms in total. The van der Waals surface area contributed by atoms with Gasteiger partial charge in [0.15, 0.2) is 5.11 Å². The Balaban J connectivity index is 1.94. The smallest absolute Gasteiger partial charge is 0.166 e. The number of hydrogen-bond donors (Lipinski definition) is 3. The lowest BCUT2D eigenvalue weighted by molar-refractivity contribution is 0.227. The first kappa shape index (κ1) is 26.3. The topological polar surface area (TPSA) is 69.7 Å². The maximum absolute atomic E-state index is 9.62. The molecule has 32 heavy (non-hydrogen) atoms. The van der Waals surface area contributed by atoms with Crippen molar-refractivity contribution in [2.24, 2.45) is 5.73 Å². The van der Waals surface area contributed by atoms with E-state index in [1.807, 2.05) is 12.1 Å². The summed E-state index contributed by atoms with van der Waals surface area (Å²) in [6.07, 6.45) is 5.30. The fourth-order valence-corrected chi connectivity index (χ4v) is 4.84. The molecule has 2 aromatic carbocycles. The highest BCUT2D eigenvalue weighted by Gasteiger charge is 2.27. The van der Waals surface area contributed by atoms with Crippen molar-refractivity contribution in [3.63, 3.8) is 0 Å². The summed E-state index contributed by atoms with van der Waals surface area (Å²) < 4.78 is 0. The van der Waals surface area contributed by atoms with Crippen molar-refractivity contribution in [3.8, 4) is 0 Å². The number of aliphatic hydroxyl groups is 2. The van der Waals surface area contributed by atoms with Gasteiger partial charge in [-0.2, -0.15) is 0 Å². The Labute approximate surface area is 199 Å². The van der Waals surface area contributed by atoms with Crippen LogP contribution in [-0.4, -0.2) is 46.5 Å². The van der Waals surface area contributed by atoms with Gasteiger partial charge in [-0.3, -0.25) is 0 Å². The minimum absolute atomic E-state index is 0.0646. The van der Waals surface area contributed by atoms with Crippen LogP contribution in [0.1, 0.15) is 63.5 Å². The summed E-state index contributed by atoms with van der Waals surface area (Å²) in [4.78, 5) is 2.10. The number of thiocarbonyl (C=S) groups is 1. The lowest BCUT2D eigenvalue weighted by Crippen LogP contribution is -2.38. The zero-order valence-corrected chi connectivity index (χ0v) is 20.5. The van der Waals surface area contributed by atoms with Crippen LogP contribution in [0.25, 0.3) is 0 Å². The SMILES string of the molecule is CC(CCO)(CCCN(CCCC(C)(CCO)c1ccccc1)C(N)=S)c1ccccc1. The Hall–Kier alpha value is -1.95.